The molecular formula is C15H23N3O. The van der Waals surface area contributed by atoms with Crippen molar-refractivity contribution in [3.63, 3.8) is 0 Å². The number of terminal acetylenes is 1. The fourth-order valence-corrected chi connectivity index (χ4v) is 1.89. The molecule has 0 radical (unpaired) electrons. The minimum atomic E-state index is 0.636. The van der Waals surface area contributed by atoms with Gasteiger partial charge in [0.1, 0.15) is 0 Å². The third-order valence-electron chi connectivity index (χ3n) is 3.01. The van der Waals surface area contributed by atoms with Gasteiger partial charge in [-0.15, -0.1) is 0 Å². The van der Waals surface area contributed by atoms with Crippen molar-refractivity contribution in [2.45, 2.75) is 19.3 Å². The smallest absolute Gasteiger partial charge is 0.213 e. The van der Waals surface area contributed by atoms with Crippen molar-refractivity contribution >= 4 is 5.69 Å². The molecule has 19 heavy (non-hydrogen) atoms. The Hall–Kier alpha value is -1.73. The Morgan fingerprint density at radius 1 is 1.32 bits per heavy atom. The number of aromatic nitrogens is 1. The van der Waals surface area contributed by atoms with Crippen LogP contribution in [0.5, 0.6) is 5.88 Å². The first kappa shape index (κ1) is 15.3. The average molecular weight is 261 g/mol. The highest BCUT2D eigenvalue weighted by Gasteiger charge is 2.08. The fourth-order valence-electron chi connectivity index (χ4n) is 1.89. The Balaban J connectivity index is 2.75. The van der Waals surface area contributed by atoms with Gasteiger partial charge in [0.2, 0.25) is 5.88 Å². The molecule has 0 unspecified atom stereocenters. The fraction of sp³-hybridized carbons (Fsp3) is 0.533. The molecule has 1 aromatic heterocycles. The van der Waals surface area contributed by atoms with E-state index in [-0.39, 0.29) is 0 Å². The number of ether oxygens (including phenoxy) is 1. The summed E-state index contributed by atoms with van der Waals surface area (Å²) in [6.07, 6.45) is 10.5. The second kappa shape index (κ2) is 7.65. The minimum Gasteiger partial charge on any atom is -0.481 e. The van der Waals surface area contributed by atoms with E-state index < -0.39 is 0 Å². The van der Waals surface area contributed by atoms with E-state index >= 15 is 0 Å². The number of hydrogen-bond donors (Lipinski definition) is 0. The molecule has 0 saturated carbocycles. The van der Waals surface area contributed by atoms with Gasteiger partial charge in [-0.2, -0.15) is 0 Å². The van der Waals surface area contributed by atoms with Gasteiger partial charge in [0, 0.05) is 19.2 Å². The van der Waals surface area contributed by atoms with Crippen LogP contribution in [0.2, 0.25) is 0 Å². The molecule has 0 amide bonds. The molecule has 0 spiro atoms. The predicted octanol–water partition coefficient (Wildman–Crippen LogP) is 2.00. The number of rotatable bonds is 7. The zero-order chi connectivity index (χ0) is 14.3. The summed E-state index contributed by atoms with van der Waals surface area (Å²) in [5.41, 5.74) is 2.17. The molecule has 1 heterocycles. The SMILES string of the molecule is C#CN(C)c1cnc(OC)cc1CCCCN(C)C. The summed E-state index contributed by atoms with van der Waals surface area (Å²) < 4.78 is 5.18. The molecule has 4 heteroatoms. The van der Waals surface area contributed by atoms with Crippen LogP contribution in [0, 0.1) is 12.5 Å². The lowest BCUT2D eigenvalue weighted by Crippen LogP contribution is -2.14. The largest absolute Gasteiger partial charge is 0.481 e. The van der Waals surface area contributed by atoms with Crippen LogP contribution in [0.4, 0.5) is 5.69 Å². The number of methoxy groups -OCH3 is 1. The third-order valence-corrected chi connectivity index (χ3v) is 3.01. The second-order valence-electron chi connectivity index (χ2n) is 4.80. The molecule has 4 nitrogen and oxygen atoms in total. The highest BCUT2D eigenvalue weighted by atomic mass is 16.5. The molecule has 0 fully saturated rings. The summed E-state index contributed by atoms with van der Waals surface area (Å²) in [5, 5.41) is 0. The standard InChI is InChI=1S/C15H23N3O/c1-6-18(4)14-12-16-15(19-5)11-13(14)9-7-8-10-17(2)3/h1,11-12H,7-10H2,2-5H3. The van der Waals surface area contributed by atoms with Crippen LogP contribution >= 0.6 is 0 Å². The van der Waals surface area contributed by atoms with E-state index in [1.165, 1.54) is 5.56 Å². The zero-order valence-electron chi connectivity index (χ0n) is 12.3. The van der Waals surface area contributed by atoms with Crippen molar-refractivity contribution in [2.75, 3.05) is 39.7 Å². The zero-order valence-corrected chi connectivity index (χ0v) is 12.3. The Morgan fingerprint density at radius 2 is 2.05 bits per heavy atom. The monoisotopic (exact) mass is 261 g/mol. The molecule has 0 bridgehead atoms. The lowest BCUT2D eigenvalue weighted by molar-refractivity contribution is 0.392. The van der Waals surface area contributed by atoms with Crippen molar-refractivity contribution < 1.29 is 4.74 Å². The first-order valence-corrected chi connectivity index (χ1v) is 6.46. The van der Waals surface area contributed by atoms with Crippen LogP contribution in [0.25, 0.3) is 0 Å². The molecule has 0 aliphatic heterocycles. The topological polar surface area (TPSA) is 28.6 Å². The summed E-state index contributed by atoms with van der Waals surface area (Å²) in [4.78, 5) is 8.17. The van der Waals surface area contributed by atoms with Crippen LogP contribution < -0.4 is 9.64 Å². The van der Waals surface area contributed by atoms with Gasteiger partial charge >= 0.3 is 0 Å². The predicted molar refractivity (Wildman–Crippen MR) is 79.5 cm³/mol. The number of hydrogen-bond acceptors (Lipinski definition) is 4. The number of aryl methyl sites for hydroxylation is 1. The van der Waals surface area contributed by atoms with Crippen LogP contribution in [0.15, 0.2) is 12.3 Å². The highest BCUT2D eigenvalue weighted by molar-refractivity contribution is 5.56. The molecule has 0 aliphatic carbocycles. The van der Waals surface area contributed by atoms with Gasteiger partial charge in [0.05, 0.1) is 19.0 Å². The van der Waals surface area contributed by atoms with Crippen molar-refractivity contribution in [2.24, 2.45) is 0 Å². The van der Waals surface area contributed by atoms with E-state index in [1.54, 1.807) is 18.2 Å². The van der Waals surface area contributed by atoms with Crippen LogP contribution in [-0.2, 0) is 6.42 Å². The molecule has 1 rings (SSSR count). The van der Waals surface area contributed by atoms with Crippen LogP contribution in [0.1, 0.15) is 18.4 Å². The molecule has 0 aromatic carbocycles. The van der Waals surface area contributed by atoms with Crippen molar-refractivity contribution in [1.29, 1.82) is 0 Å². The maximum absolute atomic E-state index is 5.45. The first-order valence-electron chi connectivity index (χ1n) is 6.46. The number of pyridine rings is 1. The second-order valence-corrected chi connectivity index (χ2v) is 4.80. The summed E-state index contributed by atoms with van der Waals surface area (Å²) in [6.45, 7) is 1.10. The van der Waals surface area contributed by atoms with E-state index in [2.05, 4.69) is 30.0 Å². The Morgan fingerprint density at radius 3 is 2.63 bits per heavy atom. The molecule has 0 aliphatic rings. The summed E-state index contributed by atoms with van der Waals surface area (Å²) in [5.74, 6) is 0.636. The molecular weight excluding hydrogens is 238 g/mol. The van der Waals surface area contributed by atoms with Crippen molar-refractivity contribution in [1.82, 2.24) is 9.88 Å². The average Bonchev–Trinajstić information content (AvgIpc) is 2.42. The van der Waals surface area contributed by atoms with E-state index in [9.17, 15) is 0 Å². The molecule has 1 aromatic rings. The molecule has 0 saturated heterocycles. The maximum Gasteiger partial charge on any atom is 0.213 e. The summed E-state index contributed by atoms with van der Waals surface area (Å²) in [7, 11) is 7.68. The summed E-state index contributed by atoms with van der Waals surface area (Å²) >= 11 is 0. The quantitative estimate of drug-likeness (QED) is 0.426. The molecule has 0 N–H and O–H groups in total. The van der Waals surface area contributed by atoms with Gasteiger partial charge in [0.25, 0.3) is 0 Å². The van der Waals surface area contributed by atoms with Crippen LogP contribution in [-0.4, -0.2) is 44.7 Å². The Labute approximate surface area is 116 Å². The van der Waals surface area contributed by atoms with Gasteiger partial charge in [-0.3, -0.25) is 0 Å². The van der Waals surface area contributed by atoms with Gasteiger partial charge in [-0.05, 0) is 45.5 Å². The Kier molecular flexibility index (Phi) is 6.17. The van der Waals surface area contributed by atoms with E-state index in [4.69, 9.17) is 11.2 Å². The lowest BCUT2D eigenvalue weighted by Gasteiger charge is -2.16. The number of nitrogens with zero attached hydrogens (tertiary/aromatic N) is 3. The number of unbranched alkanes of at least 4 members (excludes halogenated alkanes) is 1. The van der Waals surface area contributed by atoms with Gasteiger partial charge in [-0.25, -0.2) is 4.98 Å². The normalized spacial score (nSPS) is 10.3. The molecule has 104 valence electrons. The van der Waals surface area contributed by atoms with E-state index in [0.717, 1.165) is 31.5 Å². The first-order chi connectivity index (χ1) is 9.08. The van der Waals surface area contributed by atoms with Gasteiger partial charge in [0.15, 0.2) is 0 Å². The number of anilines is 1. The third kappa shape index (κ3) is 4.80. The molecule has 0 atom stereocenters. The van der Waals surface area contributed by atoms with E-state index in [1.807, 2.05) is 13.1 Å². The van der Waals surface area contributed by atoms with E-state index in [0.29, 0.717) is 5.88 Å². The van der Waals surface area contributed by atoms with Crippen molar-refractivity contribution in [3.05, 3.63) is 17.8 Å². The Bertz CT molecular complexity index is 438. The summed E-state index contributed by atoms with van der Waals surface area (Å²) in [6, 6.07) is 4.58. The maximum atomic E-state index is 5.45. The van der Waals surface area contributed by atoms with Crippen molar-refractivity contribution in [3.8, 4) is 18.3 Å². The van der Waals surface area contributed by atoms with Gasteiger partial charge in [-0.1, -0.05) is 6.42 Å². The lowest BCUT2D eigenvalue weighted by atomic mass is 10.1. The van der Waals surface area contributed by atoms with Gasteiger partial charge < -0.3 is 14.5 Å². The van der Waals surface area contributed by atoms with Crippen LogP contribution in [0.3, 0.4) is 0 Å². The minimum absolute atomic E-state index is 0.636. The highest BCUT2D eigenvalue weighted by Crippen LogP contribution is 2.23.